The standard InChI is InChI=1S/C27H22ClF3N6O/c1-17-3-2-9-33-23(17)26(38)37-13-11-36(12-14-37)22-16-34-24(18-4-6-19(7-5-18)27(29,30)31)25(35-22)20-8-10-32-15-21(20)28/h2-10,15-16H,11-14H2,1H3. The molecule has 4 aromatic rings. The molecule has 7 nitrogen and oxygen atoms in total. The zero-order valence-corrected chi connectivity index (χ0v) is 21.0. The van der Waals surface area contributed by atoms with Crippen molar-refractivity contribution in [3.05, 3.63) is 89.1 Å². The van der Waals surface area contributed by atoms with Gasteiger partial charge in [-0.25, -0.2) is 4.98 Å². The monoisotopic (exact) mass is 538 g/mol. The maximum Gasteiger partial charge on any atom is 0.416 e. The molecule has 0 spiro atoms. The number of pyridine rings is 2. The highest BCUT2D eigenvalue weighted by atomic mass is 35.5. The van der Waals surface area contributed by atoms with E-state index in [1.165, 1.54) is 18.3 Å². The molecule has 1 fully saturated rings. The Bertz CT molecular complexity index is 1470. The Balaban J connectivity index is 1.43. The number of anilines is 1. The predicted molar refractivity (Wildman–Crippen MR) is 138 cm³/mol. The Hall–Kier alpha value is -4.05. The van der Waals surface area contributed by atoms with E-state index in [9.17, 15) is 18.0 Å². The van der Waals surface area contributed by atoms with Crippen molar-refractivity contribution in [2.24, 2.45) is 0 Å². The number of benzene rings is 1. The van der Waals surface area contributed by atoms with Crippen molar-refractivity contribution >= 4 is 23.3 Å². The Morgan fingerprint density at radius 2 is 1.66 bits per heavy atom. The van der Waals surface area contributed by atoms with Gasteiger partial charge in [0.2, 0.25) is 0 Å². The smallest absolute Gasteiger partial charge is 0.352 e. The fourth-order valence-corrected chi connectivity index (χ4v) is 4.52. The first kappa shape index (κ1) is 25.6. The number of nitrogens with zero attached hydrogens (tertiary/aromatic N) is 6. The van der Waals surface area contributed by atoms with E-state index in [1.807, 2.05) is 17.9 Å². The van der Waals surface area contributed by atoms with E-state index < -0.39 is 11.7 Å². The summed E-state index contributed by atoms with van der Waals surface area (Å²) < 4.78 is 39.3. The largest absolute Gasteiger partial charge is 0.416 e. The lowest BCUT2D eigenvalue weighted by molar-refractivity contribution is -0.137. The van der Waals surface area contributed by atoms with Crippen molar-refractivity contribution in [2.75, 3.05) is 31.1 Å². The second kappa shape index (κ2) is 10.4. The van der Waals surface area contributed by atoms with Crippen molar-refractivity contribution in [2.45, 2.75) is 13.1 Å². The summed E-state index contributed by atoms with van der Waals surface area (Å²) in [5.74, 6) is 0.459. The molecule has 1 aliphatic heterocycles. The third-order valence-corrected chi connectivity index (χ3v) is 6.68. The van der Waals surface area contributed by atoms with Gasteiger partial charge in [-0.2, -0.15) is 13.2 Å². The molecule has 0 unspecified atom stereocenters. The number of rotatable bonds is 4. The van der Waals surface area contributed by atoms with Gasteiger partial charge < -0.3 is 9.80 Å². The lowest BCUT2D eigenvalue weighted by Crippen LogP contribution is -2.49. The number of aromatic nitrogens is 4. The van der Waals surface area contributed by atoms with Crippen LogP contribution in [-0.4, -0.2) is 56.9 Å². The summed E-state index contributed by atoms with van der Waals surface area (Å²) >= 11 is 6.42. The van der Waals surface area contributed by atoms with E-state index in [2.05, 4.69) is 15.0 Å². The summed E-state index contributed by atoms with van der Waals surface area (Å²) in [5, 5.41) is 0.341. The number of amides is 1. The molecule has 11 heteroatoms. The first-order chi connectivity index (χ1) is 18.2. The molecule has 0 aliphatic carbocycles. The van der Waals surface area contributed by atoms with Crippen molar-refractivity contribution in [3.8, 4) is 22.5 Å². The molecule has 1 aliphatic rings. The molecule has 3 aromatic heterocycles. The van der Waals surface area contributed by atoms with Crippen molar-refractivity contribution < 1.29 is 18.0 Å². The highest BCUT2D eigenvalue weighted by Gasteiger charge is 2.30. The summed E-state index contributed by atoms with van der Waals surface area (Å²) in [7, 11) is 0. The van der Waals surface area contributed by atoms with Gasteiger partial charge in [0.05, 0.1) is 22.5 Å². The molecule has 1 aromatic carbocycles. The molecule has 0 radical (unpaired) electrons. The van der Waals surface area contributed by atoms with Gasteiger partial charge in [-0.15, -0.1) is 0 Å². The zero-order valence-electron chi connectivity index (χ0n) is 20.3. The van der Waals surface area contributed by atoms with Crippen molar-refractivity contribution in [3.63, 3.8) is 0 Å². The van der Waals surface area contributed by atoms with Crippen LogP contribution >= 0.6 is 11.6 Å². The maximum absolute atomic E-state index is 13.1. The number of halogens is 4. The Morgan fingerprint density at radius 3 is 2.32 bits per heavy atom. The van der Waals surface area contributed by atoms with Crippen LogP contribution in [0.4, 0.5) is 19.0 Å². The predicted octanol–water partition coefficient (Wildman–Crippen LogP) is 5.54. The summed E-state index contributed by atoms with van der Waals surface area (Å²) in [4.78, 5) is 34.4. The van der Waals surface area contributed by atoms with Gasteiger partial charge in [-0.05, 0) is 36.8 Å². The molecule has 5 rings (SSSR count). The highest BCUT2D eigenvalue weighted by Crippen LogP contribution is 2.36. The minimum Gasteiger partial charge on any atom is -0.352 e. The van der Waals surface area contributed by atoms with E-state index in [0.717, 1.165) is 17.7 Å². The first-order valence-corrected chi connectivity index (χ1v) is 12.2. The van der Waals surface area contributed by atoms with E-state index in [4.69, 9.17) is 16.6 Å². The van der Waals surface area contributed by atoms with Gasteiger partial charge in [-0.3, -0.25) is 19.7 Å². The molecule has 0 saturated carbocycles. The molecule has 4 heterocycles. The number of aryl methyl sites for hydroxylation is 1. The van der Waals surface area contributed by atoms with Crippen LogP contribution < -0.4 is 4.90 Å². The second-order valence-electron chi connectivity index (χ2n) is 8.80. The minimum absolute atomic E-state index is 0.115. The van der Waals surface area contributed by atoms with E-state index >= 15 is 0 Å². The van der Waals surface area contributed by atoms with Crippen molar-refractivity contribution in [1.29, 1.82) is 0 Å². The van der Waals surface area contributed by atoms with E-state index in [-0.39, 0.29) is 5.91 Å². The molecule has 0 N–H and O–H groups in total. The quantitative estimate of drug-likeness (QED) is 0.339. The van der Waals surface area contributed by atoms with Crippen LogP contribution in [0.3, 0.4) is 0 Å². The van der Waals surface area contributed by atoms with Gasteiger partial charge in [0.25, 0.3) is 5.91 Å². The van der Waals surface area contributed by atoms with Gasteiger partial charge in [-0.1, -0.05) is 29.8 Å². The lowest BCUT2D eigenvalue weighted by atomic mass is 10.0. The minimum atomic E-state index is -4.44. The zero-order chi connectivity index (χ0) is 26.9. The summed E-state index contributed by atoms with van der Waals surface area (Å²) in [6.45, 7) is 3.85. The summed E-state index contributed by atoms with van der Waals surface area (Å²) in [5.41, 5.74) is 2.38. The summed E-state index contributed by atoms with van der Waals surface area (Å²) in [6, 6.07) is 10.1. The molecular weight excluding hydrogens is 517 g/mol. The number of carbonyl (C=O) groups is 1. The van der Waals surface area contributed by atoms with Gasteiger partial charge in [0, 0.05) is 55.9 Å². The Labute approximate surface area is 222 Å². The van der Waals surface area contributed by atoms with Crippen LogP contribution in [0.5, 0.6) is 0 Å². The van der Waals surface area contributed by atoms with Crippen LogP contribution in [0, 0.1) is 6.92 Å². The molecule has 38 heavy (non-hydrogen) atoms. The van der Waals surface area contributed by atoms with Gasteiger partial charge >= 0.3 is 6.18 Å². The fraction of sp³-hybridized carbons (Fsp3) is 0.222. The molecule has 194 valence electrons. The molecular formula is C27H22ClF3N6O. The molecule has 0 bridgehead atoms. The summed E-state index contributed by atoms with van der Waals surface area (Å²) in [6.07, 6.45) is 1.80. The molecule has 1 amide bonds. The topological polar surface area (TPSA) is 75.1 Å². The lowest BCUT2D eigenvalue weighted by Gasteiger charge is -2.35. The normalized spacial score (nSPS) is 14.0. The average Bonchev–Trinajstić information content (AvgIpc) is 2.93. The SMILES string of the molecule is Cc1cccnc1C(=O)N1CCN(c2cnc(-c3ccc(C(F)(F)F)cc3)c(-c3ccncc3Cl)n2)CC1. The van der Waals surface area contributed by atoms with Crippen molar-refractivity contribution in [1.82, 2.24) is 24.8 Å². The molecule has 0 atom stereocenters. The van der Waals surface area contributed by atoms with Gasteiger partial charge in [0.1, 0.15) is 17.2 Å². The number of hydrogen-bond acceptors (Lipinski definition) is 6. The van der Waals surface area contributed by atoms with Crippen LogP contribution in [0.1, 0.15) is 21.6 Å². The Morgan fingerprint density at radius 1 is 0.921 bits per heavy atom. The average molecular weight is 539 g/mol. The van der Waals surface area contributed by atoms with Crippen LogP contribution in [0.15, 0.2) is 67.3 Å². The van der Waals surface area contributed by atoms with E-state index in [0.29, 0.717) is 65.2 Å². The van der Waals surface area contributed by atoms with E-state index in [1.54, 1.807) is 35.6 Å². The second-order valence-corrected chi connectivity index (χ2v) is 9.21. The third kappa shape index (κ3) is 5.17. The van der Waals surface area contributed by atoms with Gasteiger partial charge in [0.15, 0.2) is 0 Å². The Kier molecular flexibility index (Phi) is 6.98. The van der Waals surface area contributed by atoms with Crippen LogP contribution in [-0.2, 0) is 6.18 Å². The number of hydrogen-bond donors (Lipinski definition) is 0. The third-order valence-electron chi connectivity index (χ3n) is 6.38. The fourth-order valence-electron chi connectivity index (χ4n) is 4.31. The first-order valence-electron chi connectivity index (χ1n) is 11.8. The van der Waals surface area contributed by atoms with Crippen LogP contribution in [0.25, 0.3) is 22.5 Å². The number of alkyl halides is 3. The molecule has 1 saturated heterocycles. The number of piperazine rings is 1. The maximum atomic E-state index is 13.1. The number of carbonyl (C=O) groups excluding carboxylic acids is 1. The highest BCUT2D eigenvalue weighted by molar-refractivity contribution is 6.33. The van der Waals surface area contributed by atoms with Crippen LogP contribution in [0.2, 0.25) is 5.02 Å².